The number of anilines is 1. The number of carbonyl (C=O) groups excluding carboxylic acids is 1. The van der Waals surface area contributed by atoms with Gasteiger partial charge in [-0.1, -0.05) is 12.1 Å². The molecule has 0 saturated heterocycles. The van der Waals surface area contributed by atoms with E-state index in [9.17, 15) is 9.59 Å². The Hall–Kier alpha value is -2.90. The molecule has 1 atom stereocenters. The van der Waals surface area contributed by atoms with Crippen LogP contribution in [0.4, 0.5) is 10.5 Å². The van der Waals surface area contributed by atoms with Crippen LogP contribution in [-0.2, 0) is 0 Å². The minimum Gasteiger partial charge on any atom is -0.478 e. The van der Waals surface area contributed by atoms with Gasteiger partial charge in [0, 0.05) is 7.05 Å². The highest BCUT2D eigenvalue weighted by molar-refractivity contribution is 6.01. The average molecular weight is 289 g/mol. The summed E-state index contributed by atoms with van der Waals surface area (Å²) in [4.78, 5) is 28.6. The molecule has 0 bridgehead atoms. The zero-order valence-corrected chi connectivity index (χ0v) is 11.6. The Morgan fingerprint density at radius 1 is 1.38 bits per heavy atom. The third kappa shape index (κ3) is 3.16. The minimum absolute atomic E-state index is 0.0578. The summed E-state index contributed by atoms with van der Waals surface area (Å²) in [5.74, 6) is -0.572. The quantitative estimate of drug-likeness (QED) is 0.788. The Bertz CT molecular complexity index is 641. The zero-order valence-electron chi connectivity index (χ0n) is 11.6. The van der Waals surface area contributed by atoms with Crippen LogP contribution in [0.15, 0.2) is 30.6 Å². The van der Waals surface area contributed by atoms with E-state index in [1.807, 2.05) is 0 Å². The second-order valence-electron chi connectivity index (χ2n) is 4.42. The number of H-pyrrole nitrogens is 1. The Morgan fingerprint density at radius 2 is 2.10 bits per heavy atom. The maximum Gasteiger partial charge on any atom is 0.337 e. The van der Waals surface area contributed by atoms with Crippen molar-refractivity contribution < 1.29 is 14.7 Å². The first kappa shape index (κ1) is 14.5. The minimum atomic E-state index is -1.09. The summed E-state index contributed by atoms with van der Waals surface area (Å²) in [5.41, 5.74) is 0.370. The number of carboxylic acids is 1. The van der Waals surface area contributed by atoms with Crippen molar-refractivity contribution in [3.05, 3.63) is 42.0 Å². The lowest BCUT2D eigenvalue weighted by atomic mass is 10.1. The van der Waals surface area contributed by atoms with Crippen LogP contribution in [0.2, 0.25) is 0 Å². The van der Waals surface area contributed by atoms with Crippen LogP contribution in [0, 0.1) is 0 Å². The number of carbonyl (C=O) groups is 2. The molecule has 0 radical (unpaired) electrons. The SMILES string of the molecule is CC(NC(=O)N(C)c1ccccc1C(=O)O)c1ncn[nH]1. The second-order valence-corrected chi connectivity index (χ2v) is 4.42. The van der Waals surface area contributed by atoms with E-state index in [-0.39, 0.29) is 11.6 Å². The summed E-state index contributed by atoms with van der Waals surface area (Å²) in [6, 6.07) is 5.48. The van der Waals surface area contributed by atoms with E-state index in [0.717, 1.165) is 0 Å². The molecule has 110 valence electrons. The molecule has 1 aromatic heterocycles. The molecule has 2 amide bonds. The zero-order chi connectivity index (χ0) is 15.4. The standard InChI is InChI=1S/C13H15N5O3/c1-8(11-14-7-15-17-11)16-13(21)18(2)10-6-4-3-5-9(10)12(19)20/h3-8H,1-2H3,(H,16,21)(H,19,20)(H,14,15,17). The molecule has 0 aliphatic rings. The van der Waals surface area contributed by atoms with Crippen LogP contribution in [0.3, 0.4) is 0 Å². The van der Waals surface area contributed by atoms with Crippen LogP contribution >= 0.6 is 0 Å². The first-order valence-corrected chi connectivity index (χ1v) is 6.22. The smallest absolute Gasteiger partial charge is 0.337 e. The molecule has 0 aliphatic heterocycles. The number of nitrogens with zero attached hydrogens (tertiary/aromatic N) is 3. The Morgan fingerprint density at radius 3 is 2.71 bits per heavy atom. The van der Waals surface area contributed by atoms with Crippen molar-refractivity contribution in [2.24, 2.45) is 0 Å². The van der Waals surface area contributed by atoms with Gasteiger partial charge in [0.25, 0.3) is 0 Å². The van der Waals surface area contributed by atoms with Gasteiger partial charge in [-0.3, -0.25) is 10.00 Å². The lowest BCUT2D eigenvalue weighted by molar-refractivity contribution is 0.0697. The predicted molar refractivity (Wildman–Crippen MR) is 75.1 cm³/mol. The molecular weight excluding hydrogens is 274 g/mol. The van der Waals surface area contributed by atoms with Gasteiger partial charge in [0.05, 0.1) is 17.3 Å². The van der Waals surface area contributed by atoms with Crippen molar-refractivity contribution in [1.82, 2.24) is 20.5 Å². The average Bonchev–Trinajstić information content (AvgIpc) is 3.00. The van der Waals surface area contributed by atoms with E-state index in [4.69, 9.17) is 5.11 Å². The van der Waals surface area contributed by atoms with E-state index in [1.165, 1.54) is 24.3 Å². The number of hydrogen-bond donors (Lipinski definition) is 3. The largest absolute Gasteiger partial charge is 0.478 e. The number of para-hydroxylation sites is 1. The van der Waals surface area contributed by atoms with E-state index in [0.29, 0.717) is 11.5 Å². The highest BCUT2D eigenvalue weighted by atomic mass is 16.4. The molecule has 1 aromatic carbocycles. The third-order valence-electron chi connectivity index (χ3n) is 2.98. The van der Waals surface area contributed by atoms with Crippen LogP contribution in [-0.4, -0.2) is 39.3 Å². The monoisotopic (exact) mass is 289 g/mol. The molecule has 1 unspecified atom stereocenters. The number of rotatable bonds is 4. The maximum atomic E-state index is 12.2. The van der Waals surface area contributed by atoms with Crippen molar-refractivity contribution >= 4 is 17.7 Å². The van der Waals surface area contributed by atoms with Gasteiger partial charge in [0.1, 0.15) is 12.2 Å². The van der Waals surface area contributed by atoms with Crippen molar-refractivity contribution in [2.75, 3.05) is 11.9 Å². The summed E-state index contributed by atoms with van der Waals surface area (Å²) >= 11 is 0. The number of carboxylic acid groups (broad SMARTS) is 1. The molecule has 8 heteroatoms. The molecule has 0 aliphatic carbocycles. The molecule has 3 N–H and O–H groups in total. The van der Waals surface area contributed by atoms with Gasteiger partial charge < -0.3 is 10.4 Å². The van der Waals surface area contributed by atoms with Crippen LogP contribution in [0.1, 0.15) is 29.1 Å². The highest BCUT2D eigenvalue weighted by Gasteiger charge is 2.20. The second kappa shape index (κ2) is 6.04. The summed E-state index contributed by atoms with van der Waals surface area (Å²) in [7, 11) is 1.50. The lowest BCUT2D eigenvalue weighted by Crippen LogP contribution is -2.39. The molecule has 0 fully saturated rings. The summed E-state index contributed by atoms with van der Waals surface area (Å²) in [6.07, 6.45) is 1.35. The number of aromatic carboxylic acids is 1. The Labute approximate surface area is 120 Å². The fraction of sp³-hybridized carbons (Fsp3) is 0.231. The van der Waals surface area contributed by atoms with Crippen molar-refractivity contribution in [3.63, 3.8) is 0 Å². The molecule has 8 nitrogen and oxygen atoms in total. The molecule has 0 saturated carbocycles. The fourth-order valence-electron chi connectivity index (χ4n) is 1.83. The first-order valence-electron chi connectivity index (χ1n) is 6.22. The number of aromatic nitrogens is 3. The third-order valence-corrected chi connectivity index (χ3v) is 2.98. The Balaban J connectivity index is 2.14. The van der Waals surface area contributed by atoms with Crippen molar-refractivity contribution in [2.45, 2.75) is 13.0 Å². The molecule has 2 aromatic rings. The number of benzene rings is 1. The summed E-state index contributed by atoms with van der Waals surface area (Å²) in [5, 5.41) is 18.2. The maximum absolute atomic E-state index is 12.2. The Kier molecular flexibility index (Phi) is 4.17. The van der Waals surface area contributed by atoms with Gasteiger partial charge in [-0.15, -0.1) is 0 Å². The number of urea groups is 1. The molecule has 2 rings (SSSR count). The van der Waals surface area contributed by atoms with Crippen molar-refractivity contribution in [3.8, 4) is 0 Å². The van der Waals surface area contributed by atoms with Gasteiger partial charge in [0.15, 0.2) is 0 Å². The molecule has 0 spiro atoms. The fourth-order valence-corrected chi connectivity index (χ4v) is 1.83. The van der Waals surface area contributed by atoms with Gasteiger partial charge >= 0.3 is 12.0 Å². The topological polar surface area (TPSA) is 111 Å². The van der Waals surface area contributed by atoms with E-state index < -0.39 is 12.0 Å². The van der Waals surface area contributed by atoms with Crippen molar-refractivity contribution in [1.29, 1.82) is 0 Å². The molecule has 1 heterocycles. The van der Waals surface area contributed by atoms with Gasteiger partial charge in [-0.05, 0) is 19.1 Å². The predicted octanol–water partition coefficient (Wildman–Crippen LogP) is 1.41. The number of hydrogen-bond acceptors (Lipinski definition) is 4. The van der Waals surface area contributed by atoms with Gasteiger partial charge in [-0.25, -0.2) is 14.6 Å². The summed E-state index contributed by atoms with van der Waals surface area (Å²) in [6.45, 7) is 1.75. The van der Waals surface area contributed by atoms with Crippen LogP contribution < -0.4 is 10.2 Å². The molecule has 21 heavy (non-hydrogen) atoms. The first-order chi connectivity index (χ1) is 10.0. The number of amides is 2. The lowest BCUT2D eigenvalue weighted by Gasteiger charge is -2.21. The van der Waals surface area contributed by atoms with Gasteiger partial charge in [0.2, 0.25) is 0 Å². The van der Waals surface area contributed by atoms with E-state index >= 15 is 0 Å². The normalized spacial score (nSPS) is 11.7. The van der Waals surface area contributed by atoms with E-state index in [1.54, 1.807) is 25.1 Å². The number of nitrogens with one attached hydrogen (secondary N) is 2. The molecular formula is C13H15N5O3. The number of aromatic amines is 1. The van der Waals surface area contributed by atoms with Gasteiger partial charge in [-0.2, -0.15) is 5.10 Å². The summed E-state index contributed by atoms with van der Waals surface area (Å²) < 4.78 is 0. The van der Waals surface area contributed by atoms with E-state index in [2.05, 4.69) is 20.5 Å². The van der Waals surface area contributed by atoms with Crippen LogP contribution in [0.5, 0.6) is 0 Å². The van der Waals surface area contributed by atoms with Crippen LogP contribution in [0.25, 0.3) is 0 Å². The highest BCUT2D eigenvalue weighted by Crippen LogP contribution is 2.19.